The second-order valence-electron chi connectivity index (χ2n) is 7.13. The fourth-order valence-corrected chi connectivity index (χ4v) is 4.55. The highest BCUT2D eigenvalue weighted by molar-refractivity contribution is 7.92. The van der Waals surface area contributed by atoms with E-state index in [0.29, 0.717) is 25.3 Å². The lowest BCUT2D eigenvalue weighted by Gasteiger charge is -2.30. The van der Waals surface area contributed by atoms with Crippen molar-refractivity contribution in [3.63, 3.8) is 0 Å². The molecular weight excluding hydrogens is 388 g/mol. The number of aryl methyl sites for hydroxylation is 2. The summed E-state index contributed by atoms with van der Waals surface area (Å²) < 4.78 is 31.9. The van der Waals surface area contributed by atoms with Crippen molar-refractivity contribution in [2.24, 2.45) is 0 Å². The zero-order valence-electron chi connectivity index (χ0n) is 17.7. The van der Waals surface area contributed by atoms with E-state index in [0.717, 1.165) is 28.7 Å². The molecule has 2 aromatic rings. The molecule has 1 atom stereocenters. The van der Waals surface area contributed by atoms with Crippen molar-refractivity contribution >= 4 is 21.6 Å². The first-order valence-electron chi connectivity index (χ1n) is 9.72. The van der Waals surface area contributed by atoms with Gasteiger partial charge < -0.3 is 10.1 Å². The Hall–Kier alpha value is -2.54. The maximum absolute atomic E-state index is 12.9. The van der Waals surface area contributed by atoms with E-state index in [1.165, 1.54) is 4.31 Å². The third-order valence-electron chi connectivity index (χ3n) is 4.47. The molecule has 0 saturated heterocycles. The van der Waals surface area contributed by atoms with Crippen LogP contribution in [0.1, 0.15) is 37.0 Å². The third kappa shape index (κ3) is 6.22. The number of sulfonamides is 1. The van der Waals surface area contributed by atoms with Gasteiger partial charge in [0.25, 0.3) is 0 Å². The number of nitrogens with zero attached hydrogens (tertiary/aromatic N) is 1. The van der Waals surface area contributed by atoms with Gasteiger partial charge in [-0.2, -0.15) is 0 Å². The van der Waals surface area contributed by atoms with Gasteiger partial charge in [0.2, 0.25) is 15.9 Å². The number of hydrogen-bond donors (Lipinski definition) is 1. The smallest absolute Gasteiger partial charge is 0.244 e. The fraction of sp³-hybridized carbons (Fsp3) is 0.409. The monoisotopic (exact) mass is 418 g/mol. The number of anilines is 1. The Balaban J connectivity index is 2.25. The minimum absolute atomic E-state index is 0.292. The minimum Gasteiger partial charge on any atom is -0.494 e. The van der Waals surface area contributed by atoms with Crippen LogP contribution < -0.4 is 14.4 Å². The maximum atomic E-state index is 12.9. The fourth-order valence-electron chi connectivity index (χ4n) is 3.36. The molecule has 1 N–H and O–H groups in total. The highest BCUT2D eigenvalue weighted by atomic mass is 32.2. The van der Waals surface area contributed by atoms with E-state index in [4.69, 9.17) is 4.74 Å². The number of benzene rings is 2. The number of carbonyl (C=O) groups is 1. The first-order valence-corrected chi connectivity index (χ1v) is 11.6. The third-order valence-corrected chi connectivity index (χ3v) is 5.65. The summed E-state index contributed by atoms with van der Waals surface area (Å²) in [6, 6.07) is 12.2. The van der Waals surface area contributed by atoms with Crippen LogP contribution in [0.3, 0.4) is 0 Å². The van der Waals surface area contributed by atoms with Gasteiger partial charge in [0.05, 0.1) is 18.6 Å². The molecule has 6 nitrogen and oxygen atoms in total. The summed E-state index contributed by atoms with van der Waals surface area (Å²) in [4.78, 5) is 12.9. The molecule has 0 heterocycles. The van der Waals surface area contributed by atoms with E-state index in [9.17, 15) is 13.2 Å². The molecule has 1 unspecified atom stereocenters. The van der Waals surface area contributed by atoms with Crippen LogP contribution in [-0.4, -0.2) is 33.2 Å². The van der Waals surface area contributed by atoms with Gasteiger partial charge in [-0.25, -0.2) is 8.42 Å². The molecule has 0 aliphatic rings. The van der Waals surface area contributed by atoms with Gasteiger partial charge in [-0.05, 0) is 68.1 Å². The largest absolute Gasteiger partial charge is 0.494 e. The van der Waals surface area contributed by atoms with Crippen LogP contribution in [-0.2, 0) is 21.4 Å². The van der Waals surface area contributed by atoms with E-state index in [1.807, 2.05) is 51.1 Å². The van der Waals surface area contributed by atoms with Crippen LogP contribution in [0.2, 0.25) is 0 Å². The average molecular weight is 419 g/mol. The van der Waals surface area contributed by atoms with E-state index < -0.39 is 16.1 Å². The van der Waals surface area contributed by atoms with Crippen molar-refractivity contribution in [1.82, 2.24) is 5.32 Å². The average Bonchev–Trinajstić information content (AvgIpc) is 2.62. The predicted octanol–water partition coefficient (Wildman–Crippen LogP) is 3.56. The molecule has 0 aliphatic carbocycles. The molecular formula is C22H30N2O4S. The number of nitrogens with one attached hydrogen (secondary N) is 1. The molecule has 0 aliphatic heterocycles. The van der Waals surface area contributed by atoms with Crippen LogP contribution in [0, 0.1) is 13.8 Å². The molecule has 7 heteroatoms. The number of amides is 1. The first-order chi connectivity index (χ1) is 13.7. The SMILES string of the molecule is CCOc1cccc(CNC(=O)C(CC)N(c2cc(C)cc(C)c2)S(C)(=O)=O)c1. The summed E-state index contributed by atoms with van der Waals surface area (Å²) in [5.41, 5.74) is 3.27. The Kier molecular flexibility index (Phi) is 7.67. The summed E-state index contributed by atoms with van der Waals surface area (Å²) in [6.45, 7) is 8.38. The Morgan fingerprint density at radius 2 is 1.76 bits per heavy atom. The first kappa shape index (κ1) is 22.7. The summed E-state index contributed by atoms with van der Waals surface area (Å²) in [7, 11) is -3.65. The Morgan fingerprint density at radius 3 is 2.31 bits per heavy atom. The highest BCUT2D eigenvalue weighted by Gasteiger charge is 2.31. The van der Waals surface area contributed by atoms with Gasteiger partial charge in [0.15, 0.2) is 0 Å². The zero-order valence-corrected chi connectivity index (χ0v) is 18.5. The van der Waals surface area contributed by atoms with Crippen LogP contribution in [0.15, 0.2) is 42.5 Å². The summed E-state index contributed by atoms with van der Waals surface area (Å²) in [5, 5.41) is 2.87. The molecule has 0 radical (unpaired) electrons. The number of ether oxygens (including phenoxy) is 1. The topological polar surface area (TPSA) is 75.7 Å². The lowest BCUT2D eigenvalue weighted by Crippen LogP contribution is -2.49. The van der Waals surface area contributed by atoms with Gasteiger partial charge >= 0.3 is 0 Å². The zero-order chi connectivity index (χ0) is 21.6. The number of carbonyl (C=O) groups excluding carboxylic acids is 1. The quantitative estimate of drug-likeness (QED) is 0.676. The summed E-state index contributed by atoms with van der Waals surface area (Å²) in [5.74, 6) is 0.401. The normalized spacial score (nSPS) is 12.3. The van der Waals surface area contributed by atoms with Gasteiger partial charge in [0.1, 0.15) is 11.8 Å². The molecule has 0 bridgehead atoms. The van der Waals surface area contributed by atoms with Crippen LogP contribution in [0.25, 0.3) is 0 Å². The van der Waals surface area contributed by atoms with Crippen molar-refractivity contribution < 1.29 is 17.9 Å². The van der Waals surface area contributed by atoms with Gasteiger partial charge in [0, 0.05) is 6.54 Å². The van der Waals surface area contributed by atoms with Crippen molar-refractivity contribution in [2.45, 2.75) is 46.7 Å². The molecule has 0 saturated carbocycles. The standard InChI is InChI=1S/C22H30N2O4S/c1-6-21(22(25)23-15-18-9-8-10-20(14-18)28-7-2)24(29(5,26)27)19-12-16(3)11-17(4)13-19/h8-14,21H,6-7,15H2,1-5H3,(H,23,25). The molecule has 29 heavy (non-hydrogen) atoms. The van der Waals surface area contributed by atoms with Crippen molar-refractivity contribution in [3.8, 4) is 5.75 Å². The lowest BCUT2D eigenvalue weighted by atomic mass is 10.1. The molecule has 2 rings (SSSR count). The molecule has 0 fully saturated rings. The van der Waals surface area contributed by atoms with Crippen molar-refractivity contribution in [1.29, 1.82) is 0 Å². The van der Waals surface area contributed by atoms with E-state index in [1.54, 1.807) is 19.1 Å². The summed E-state index contributed by atoms with van der Waals surface area (Å²) in [6.07, 6.45) is 1.48. The Morgan fingerprint density at radius 1 is 1.10 bits per heavy atom. The predicted molar refractivity (Wildman–Crippen MR) is 117 cm³/mol. The molecule has 2 aromatic carbocycles. The van der Waals surface area contributed by atoms with Crippen molar-refractivity contribution in [2.75, 3.05) is 17.2 Å². The minimum atomic E-state index is -3.65. The lowest BCUT2D eigenvalue weighted by molar-refractivity contribution is -0.122. The van der Waals surface area contributed by atoms with Crippen LogP contribution >= 0.6 is 0 Å². The molecule has 0 aromatic heterocycles. The maximum Gasteiger partial charge on any atom is 0.244 e. The second-order valence-corrected chi connectivity index (χ2v) is 8.99. The number of hydrogen-bond acceptors (Lipinski definition) is 4. The van der Waals surface area contributed by atoms with Crippen LogP contribution in [0.4, 0.5) is 5.69 Å². The molecule has 158 valence electrons. The van der Waals surface area contributed by atoms with Crippen LogP contribution in [0.5, 0.6) is 5.75 Å². The second kappa shape index (κ2) is 9.78. The van der Waals surface area contributed by atoms with Crippen molar-refractivity contribution in [3.05, 3.63) is 59.2 Å². The highest BCUT2D eigenvalue weighted by Crippen LogP contribution is 2.25. The Labute approximate surface area is 173 Å². The van der Waals surface area contributed by atoms with E-state index >= 15 is 0 Å². The van der Waals surface area contributed by atoms with Gasteiger partial charge in [-0.15, -0.1) is 0 Å². The Bertz CT molecular complexity index is 937. The molecule has 1 amide bonds. The number of rotatable bonds is 9. The summed E-state index contributed by atoms with van der Waals surface area (Å²) >= 11 is 0. The van der Waals surface area contributed by atoms with Gasteiger partial charge in [-0.3, -0.25) is 9.10 Å². The van der Waals surface area contributed by atoms with E-state index in [-0.39, 0.29) is 5.91 Å². The van der Waals surface area contributed by atoms with E-state index in [2.05, 4.69) is 5.32 Å². The van der Waals surface area contributed by atoms with Gasteiger partial charge in [-0.1, -0.05) is 25.1 Å². The molecule has 0 spiro atoms.